The van der Waals surface area contributed by atoms with Gasteiger partial charge in [-0.2, -0.15) is 0 Å². The first kappa shape index (κ1) is 27.7. The van der Waals surface area contributed by atoms with Crippen molar-refractivity contribution >= 4 is 54.3 Å². The molecule has 0 bridgehead atoms. The van der Waals surface area contributed by atoms with Crippen LogP contribution in [-0.4, -0.2) is 0 Å². The van der Waals surface area contributed by atoms with E-state index in [0.29, 0.717) is 0 Å². The van der Waals surface area contributed by atoms with E-state index in [1.807, 2.05) is 0 Å². The fourth-order valence-electron chi connectivity index (χ4n) is 7.73. The van der Waals surface area contributed by atoms with Crippen molar-refractivity contribution in [3.05, 3.63) is 182 Å². The molecule has 0 N–H and O–H groups in total. The van der Waals surface area contributed by atoms with Crippen molar-refractivity contribution in [1.82, 2.24) is 0 Å². The first-order chi connectivity index (χ1) is 24.3. The van der Waals surface area contributed by atoms with Crippen molar-refractivity contribution in [2.24, 2.45) is 0 Å². The van der Waals surface area contributed by atoms with Gasteiger partial charge in [0.25, 0.3) is 0 Å². The number of benzene rings is 9. The van der Waals surface area contributed by atoms with Crippen molar-refractivity contribution in [3.63, 3.8) is 0 Å². The van der Waals surface area contributed by atoms with E-state index in [1.165, 1.54) is 76.8 Å². The van der Waals surface area contributed by atoms with Gasteiger partial charge in [0.15, 0.2) is 0 Å². The first-order valence-electron chi connectivity index (χ1n) is 16.8. The molecule has 0 spiro atoms. The average molecular weight is 623 g/mol. The Morgan fingerprint density at radius 2 is 0.694 bits per heavy atom. The molecule has 0 saturated heterocycles. The van der Waals surface area contributed by atoms with Crippen LogP contribution in [0, 0.1) is 0 Å². The zero-order chi connectivity index (χ0) is 32.3. The minimum atomic E-state index is 0.911. The molecule has 0 fully saturated rings. The van der Waals surface area contributed by atoms with E-state index in [4.69, 9.17) is 4.42 Å². The van der Waals surface area contributed by atoms with Gasteiger partial charge in [-0.15, -0.1) is 0 Å². The van der Waals surface area contributed by atoms with Gasteiger partial charge in [-0.25, -0.2) is 0 Å². The summed E-state index contributed by atoms with van der Waals surface area (Å²) in [6.07, 6.45) is 0. The smallest absolute Gasteiger partial charge is 0.136 e. The monoisotopic (exact) mass is 622 g/mol. The van der Waals surface area contributed by atoms with Gasteiger partial charge in [-0.3, -0.25) is 0 Å². The van der Waals surface area contributed by atoms with Gasteiger partial charge in [0, 0.05) is 10.8 Å². The lowest BCUT2D eigenvalue weighted by Crippen LogP contribution is -1.91. The van der Waals surface area contributed by atoms with Crippen LogP contribution in [0.25, 0.3) is 98.8 Å². The fourth-order valence-corrected chi connectivity index (χ4v) is 7.73. The Morgan fingerprint density at radius 3 is 1.31 bits per heavy atom. The lowest BCUT2D eigenvalue weighted by Gasteiger charge is -2.18. The van der Waals surface area contributed by atoms with Crippen molar-refractivity contribution in [2.45, 2.75) is 0 Å². The maximum absolute atomic E-state index is 6.32. The lowest BCUT2D eigenvalue weighted by molar-refractivity contribution is 0.669. The summed E-state index contributed by atoms with van der Waals surface area (Å²) >= 11 is 0. The molecule has 1 heteroatoms. The Labute approximate surface area is 284 Å². The highest BCUT2D eigenvalue weighted by atomic mass is 16.3. The standard InChI is InChI=1S/C48H30O/c1-2-12-31(13-3-1)32-16-10-18-37(26-32)47-39-20-6-8-22-41(39)48(42-23-9-7-21-40(42)47)38-19-11-17-33(27-38)36-24-25-45-43(29-36)44-28-34-14-4-5-15-35(34)30-46(44)49-45/h1-30H. The second-order valence-corrected chi connectivity index (χ2v) is 12.9. The molecule has 9 aromatic carbocycles. The zero-order valence-electron chi connectivity index (χ0n) is 26.7. The summed E-state index contributed by atoms with van der Waals surface area (Å²) in [6, 6.07) is 65.9. The normalized spacial score (nSPS) is 11.7. The molecular formula is C48H30O. The Bertz CT molecular complexity index is 2820. The maximum atomic E-state index is 6.32. The third-order valence-electron chi connectivity index (χ3n) is 10.0. The van der Waals surface area contributed by atoms with E-state index in [0.717, 1.165) is 21.9 Å². The molecule has 49 heavy (non-hydrogen) atoms. The summed E-state index contributed by atoms with van der Waals surface area (Å²) in [4.78, 5) is 0. The quantitative estimate of drug-likeness (QED) is 0.178. The third-order valence-corrected chi connectivity index (χ3v) is 10.0. The number of fused-ring (bicyclic) bond motifs is 6. The average Bonchev–Trinajstić information content (AvgIpc) is 3.53. The summed E-state index contributed by atoms with van der Waals surface area (Å²) in [6.45, 7) is 0. The fraction of sp³-hybridized carbons (Fsp3) is 0. The van der Waals surface area contributed by atoms with Crippen molar-refractivity contribution in [3.8, 4) is 44.5 Å². The van der Waals surface area contributed by atoms with Crippen LogP contribution >= 0.6 is 0 Å². The molecule has 1 nitrogen and oxygen atoms in total. The molecule has 10 aromatic rings. The Balaban J connectivity index is 1.16. The highest BCUT2D eigenvalue weighted by molar-refractivity contribution is 6.21. The summed E-state index contributed by atoms with van der Waals surface area (Å²) in [5.41, 5.74) is 11.6. The van der Waals surface area contributed by atoms with Crippen LogP contribution in [0.5, 0.6) is 0 Å². The molecule has 0 aliphatic carbocycles. The topological polar surface area (TPSA) is 13.1 Å². The van der Waals surface area contributed by atoms with Gasteiger partial charge in [-0.05, 0) is 113 Å². The van der Waals surface area contributed by atoms with Crippen molar-refractivity contribution in [2.75, 3.05) is 0 Å². The van der Waals surface area contributed by atoms with Gasteiger partial charge in [-0.1, -0.05) is 146 Å². The summed E-state index contributed by atoms with van der Waals surface area (Å²) in [5, 5.41) is 9.71. The van der Waals surface area contributed by atoms with Gasteiger partial charge >= 0.3 is 0 Å². The third kappa shape index (κ3) is 4.55. The van der Waals surface area contributed by atoms with Crippen molar-refractivity contribution < 1.29 is 4.42 Å². The molecule has 1 heterocycles. The van der Waals surface area contributed by atoms with Crippen LogP contribution in [0.4, 0.5) is 0 Å². The SMILES string of the molecule is c1ccc(-c2cccc(-c3c4ccccc4c(-c4cccc(-c5ccc6oc7cc8ccccc8cc7c6c5)c4)c4ccccc34)c2)cc1. The highest BCUT2D eigenvalue weighted by Crippen LogP contribution is 2.45. The van der Waals surface area contributed by atoms with Gasteiger partial charge in [0.2, 0.25) is 0 Å². The van der Waals surface area contributed by atoms with Crippen LogP contribution in [0.15, 0.2) is 186 Å². The number of hydrogen-bond donors (Lipinski definition) is 0. The van der Waals surface area contributed by atoms with E-state index >= 15 is 0 Å². The molecule has 0 atom stereocenters. The van der Waals surface area contributed by atoms with Crippen LogP contribution in [0.2, 0.25) is 0 Å². The zero-order valence-corrected chi connectivity index (χ0v) is 26.7. The molecule has 0 amide bonds. The molecule has 10 rings (SSSR count). The summed E-state index contributed by atoms with van der Waals surface area (Å²) < 4.78 is 6.32. The summed E-state index contributed by atoms with van der Waals surface area (Å²) in [5.74, 6) is 0. The Hall–Kier alpha value is -6.44. The predicted molar refractivity (Wildman–Crippen MR) is 208 cm³/mol. The van der Waals surface area contributed by atoms with E-state index in [2.05, 4.69) is 182 Å². The van der Waals surface area contributed by atoms with Crippen LogP contribution in [-0.2, 0) is 0 Å². The van der Waals surface area contributed by atoms with Crippen LogP contribution < -0.4 is 0 Å². The molecule has 0 unspecified atom stereocenters. The number of hydrogen-bond acceptors (Lipinski definition) is 1. The van der Waals surface area contributed by atoms with E-state index < -0.39 is 0 Å². The lowest BCUT2D eigenvalue weighted by atomic mass is 9.85. The van der Waals surface area contributed by atoms with E-state index in [-0.39, 0.29) is 0 Å². The Morgan fingerprint density at radius 1 is 0.245 bits per heavy atom. The molecular weight excluding hydrogens is 593 g/mol. The number of furan rings is 1. The first-order valence-corrected chi connectivity index (χ1v) is 16.8. The molecule has 0 aliphatic rings. The molecule has 0 aliphatic heterocycles. The molecule has 1 aromatic heterocycles. The van der Waals surface area contributed by atoms with Crippen LogP contribution in [0.1, 0.15) is 0 Å². The summed E-state index contributed by atoms with van der Waals surface area (Å²) in [7, 11) is 0. The molecule has 228 valence electrons. The van der Waals surface area contributed by atoms with E-state index in [9.17, 15) is 0 Å². The second kappa shape index (κ2) is 11.1. The maximum Gasteiger partial charge on any atom is 0.136 e. The Kier molecular flexibility index (Phi) is 6.25. The second-order valence-electron chi connectivity index (χ2n) is 12.9. The van der Waals surface area contributed by atoms with Gasteiger partial charge < -0.3 is 4.42 Å². The highest BCUT2D eigenvalue weighted by Gasteiger charge is 2.18. The van der Waals surface area contributed by atoms with Crippen molar-refractivity contribution in [1.29, 1.82) is 0 Å². The predicted octanol–water partition coefficient (Wildman–Crippen LogP) is 13.7. The van der Waals surface area contributed by atoms with E-state index in [1.54, 1.807) is 0 Å². The van der Waals surface area contributed by atoms with Gasteiger partial charge in [0.1, 0.15) is 11.2 Å². The van der Waals surface area contributed by atoms with Gasteiger partial charge in [0.05, 0.1) is 0 Å². The largest absolute Gasteiger partial charge is 0.456 e. The number of rotatable bonds is 4. The minimum Gasteiger partial charge on any atom is -0.456 e. The molecule has 0 radical (unpaired) electrons. The van der Waals surface area contributed by atoms with Crippen LogP contribution in [0.3, 0.4) is 0 Å². The minimum absolute atomic E-state index is 0.911. The molecule has 0 saturated carbocycles.